The Kier molecular flexibility index (Phi) is 3.80. The number of hydrogen-bond acceptors (Lipinski definition) is 5. The lowest BCUT2D eigenvalue weighted by Gasteiger charge is -2.18. The zero-order chi connectivity index (χ0) is 15.6. The SMILES string of the molecule is N#CCC(c1ncc(-c2ncnc3[nH]ccc23)s1)C1CCCC1. The minimum absolute atomic E-state index is 0.268. The number of nitrogens with zero attached hydrogens (tertiary/aromatic N) is 4. The summed E-state index contributed by atoms with van der Waals surface area (Å²) in [5, 5.41) is 11.3. The summed E-state index contributed by atoms with van der Waals surface area (Å²) in [7, 11) is 0. The summed E-state index contributed by atoms with van der Waals surface area (Å²) in [6.07, 6.45) is 10.9. The first-order chi connectivity index (χ1) is 11.4. The van der Waals surface area contributed by atoms with Gasteiger partial charge in [0.2, 0.25) is 0 Å². The predicted octanol–water partition coefficient (Wildman–Crippen LogP) is 4.27. The van der Waals surface area contributed by atoms with Crippen LogP contribution in [0.25, 0.3) is 21.6 Å². The van der Waals surface area contributed by atoms with Crippen LogP contribution >= 0.6 is 11.3 Å². The number of hydrogen-bond donors (Lipinski definition) is 1. The highest BCUT2D eigenvalue weighted by molar-refractivity contribution is 7.15. The summed E-state index contributed by atoms with van der Waals surface area (Å²) in [5.41, 5.74) is 1.76. The zero-order valence-electron chi connectivity index (χ0n) is 12.7. The van der Waals surface area contributed by atoms with Gasteiger partial charge in [-0.2, -0.15) is 5.26 Å². The van der Waals surface area contributed by atoms with E-state index in [1.54, 1.807) is 17.7 Å². The van der Waals surface area contributed by atoms with Crippen LogP contribution in [0.5, 0.6) is 0 Å². The van der Waals surface area contributed by atoms with E-state index in [1.807, 2.05) is 18.5 Å². The van der Waals surface area contributed by atoms with E-state index in [0.29, 0.717) is 12.3 Å². The molecule has 0 amide bonds. The van der Waals surface area contributed by atoms with Crippen molar-refractivity contribution in [1.29, 1.82) is 5.26 Å². The number of fused-ring (bicyclic) bond motifs is 1. The predicted molar refractivity (Wildman–Crippen MR) is 89.9 cm³/mol. The lowest BCUT2D eigenvalue weighted by molar-refractivity contribution is 0.438. The molecule has 5 nitrogen and oxygen atoms in total. The molecule has 1 aliphatic carbocycles. The highest BCUT2D eigenvalue weighted by atomic mass is 32.1. The molecule has 3 heterocycles. The van der Waals surface area contributed by atoms with Crippen molar-refractivity contribution in [3.8, 4) is 16.6 Å². The summed E-state index contributed by atoms with van der Waals surface area (Å²) in [4.78, 5) is 17.5. The molecule has 23 heavy (non-hydrogen) atoms. The van der Waals surface area contributed by atoms with Crippen LogP contribution in [0.2, 0.25) is 0 Å². The van der Waals surface area contributed by atoms with E-state index in [9.17, 15) is 5.26 Å². The Balaban J connectivity index is 1.70. The minimum Gasteiger partial charge on any atom is -0.346 e. The van der Waals surface area contributed by atoms with Crippen molar-refractivity contribution in [2.24, 2.45) is 5.92 Å². The lowest BCUT2D eigenvalue weighted by atomic mass is 9.89. The first kappa shape index (κ1) is 14.3. The Morgan fingerprint density at radius 2 is 2.17 bits per heavy atom. The van der Waals surface area contributed by atoms with E-state index in [4.69, 9.17) is 0 Å². The second-order valence-corrected chi connectivity index (χ2v) is 7.10. The monoisotopic (exact) mass is 323 g/mol. The normalized spacial score (nSPS) is 16.7. The molecule has 1 N–H and O–H groups in total. The molecule has 1 saturated carbocycles. The van der Waals surface area contributed by atoms with E-state index in [-0.39, 0.29) is 5.92 Å². The van der Waals surface area contributed by atoms with E-state index < -0.39 is 0 Å². The van der Waals surface area contributed by atoms with E-state index >= 15 is 0 Å². The fourth-order valence-electron chi connectivity index (χ4n) is 3.55. The number of thiazole rings is 1. The molecule has 3 aromatic heterocycles. The van der Waals surface area contributed by atoms with Gasteiger partial charge in [-0.3, -0.25) is 0 Å². The smallest absolute Gasteiger partial charge is 0.141 e. The van der Waals surface area contributed by atoms with Gasteiger partial charge in [0.1, 0.15) is 12.0 Å². The summed E-state index contributed by atoms with van der Waals surface area (Å²) in [5.74, 6) is 0.871. The van der Waals surface area contributed by atoms with Gasteiger partial charge in [0.05, 0.1) is 21.6 Å². The van der Waals surface area contributed by atoms with Gasteiger partial charge >= 0.3 is 0 Å². The molecule has 0 saturated heterocycles. The molecule has 0 aromatic carbocycles. The fourth-order valence-corrected chi connectivity index (χ4v) is 4.67. The Morgan fingerprint density at radius 3 is 3.00 bits per heavy atom. The van der Waals surface area contributed by atoms with Gasteiger partial charge in [-0.05, 0) is 24.8 Å². The van der Waals surface area contributed by atoms with Crippen LogP contribution < -0.4 is 0 Å². The maximum atomic E-state index is 9.20. The summed E-state index contributed by atoms with van der Waals surface area (Å²) < 4.78 is 0. The van der Waals surface area contributed by atoms with Crippen LogP contribution in [0.4, 0.5) is 0 Å². The number of aromatic nitrogens is 4. The van der Waals surface area contributed by atoms with Gasteiger partial charge in [-0.1, -0.05) is 12.8 Å². The van der Waals surface area contributed by atoms with Gasteiger partial charge < -0.3 is 4.98 Å². The summed E-state index contributed by atoms with van der Waals surface area (Å²) in [6.45, 7) is 0. The second-order valence-electron chi connectivity index (χ2n) is 6.04. The maximum Gasteiger partial charge on any atom is 0.141 e. The molecule has 0 aliphatic heterocycles. The molecule has 1 unspecified atom stereocenters. The van der Waals surface area contributed by atoms with E-state index in [0.717, 1.165) is 26.6 Å². The van der Waals surface area contributed by atoms with Crippen molar-refractivity contribution >= 4 is 22.4 Å². The van der Waals surface area contributed by atoms with Crippen LogP contribution in [0.15, 0.2) is 24.8 Å². The zero-order valence-corrected chi connectivity index (χ0v) is 13.5. The molecule has 1 atom stereocenters. The molecule has 0 spiro atoms. The van der Waals surface area contributed by atoms with Crippen LogP contribution in [-0.4, -0.2) is 19.9 Å². The molecule has 1 fully saturated rings. The Hall–Kier alpha value is -2.26. The largest absolute Gasteiger partial charge is 0.346 e. The third-order valence-corrected chi connectivity index (χ3v) is 5.84. The van der Waals surface area contributed by atoms with Crippen LogP contribution in [0.1, 0.15) is 43.0 Å². The standard InChI is InChI=1S/C17H17N5S/c18-7-5-12(11-3-1-2-4-11)17-20-9-14(23-17)15-13-6-8-19-16(13)22-10-21-15/h6,8-12H,1-5H2,(H,19,21,22). The van der Waals surface area contributed by atoms with Crippen molar-refractivity contribution in [3.63, 3.8) is 0 Å². The molecule has 116 valence electrons. The van der Waals surface area contributed by atoms with Crippen molar-refractivity contribution in [1.82, 2.24) is 19.9 Å². The molecule has 0 radical (unpaired) electrons. The number of rotatable bonds is 4. The average molecular weight is 323 g/mol. The Labute approximate surface area is 138 Å². The number of H-pyrrole nitrogens is 1. The molecular weight excluding hydrogens is 306 g/mol. The highest BCUT2D eigenvalue weighted by Crippen LogP contribution is 2.42. The number of nitrogens with one attached hydrogen (secondary N) is 1. The number of nitriles is 1. The minimum atomic E-state index is 0.268. The second kappa shape index (κ2) is 6.09. The Morgan fingerprint density at radius 1 is 1.30 bits per heavy atom. The summed E-state index contributed by atoms with van der Waals surface area (Å²) in [6, 6.07) is 4.35. The quantitative estimate of drug-likeness (QED) is 0.777. The average Bonchev–Trinajstić information content (AvgIpc) is 3.32. The fraction of sp³-hybridized carbons (Fsp3) is 0.412. The van der Waals surface area contributed by atoms with Gasteiger partial charge in [-0.25, -0.2) is 15.0 Å². The molecule has 0 bridgehead atoms. The molecule has 1 aliphatic rings. The van der Waals surface area contributed by atoms with Gasteiger partial charge in [0.15, 0.2) is 0 Å². The molecule has 4 rings (SSSR count). The third kappa shape index (κ3) is 2.62. The van der Waals surface area contributed by atoms with Gasteiger partial charge in [0.25, 0.3) is 0 Å². The van der Waals surface area contributed by atoms with Crippen LogP contribution in [0, 0.1) is 17.2 Å². The maximum absolute atomic E-state index is 9.20. The van der Waals surface area contributed by atoms with Gasteiger partial charge in [-0.15, -0.1) is 11.3 Å². The third-order valence-electron chi connectivity index (χ3n) is 4.71. The summed E-state index contributed by atoms with van der Waals surface area (Å²) >= 11 is 1.67. The van der Waals surface area contributed by atoms with Crippen molar-refractivity contribution in [3.05, 3.63) is 29.8 Å². The Bertz CT molecular complexity index is 853. The van der Waals surface area contributed by atoms with Crippen LogP contribution in [0.3, 0.4) is 0 Å². The van der Waals surface area contributed by atoms with E-state index in [1.165, 1.54) is 25.7 Å². The van der Waals surface area contributed by atoms with Crippen molar-refractivity contribution < 1.29 is 0 Å². The first-order valence-corrected chi connectivity index (χ1v) is 8.79. The molecular formula is C17H17N5S. The number of aromatic amines is 1. The van der Waals surface area contributed by atoms with Crippen molar-refractivity contribution in [2.45, 2.75) is 38.0 Å². The topological polar surface area (TPSA) is 78.2 Å². The molecule has 3 aromatic rings. The lowest BCUT2D eigenvalue weighted by Crippen LogP contribution is -2.08. The first-order valence-electron chi connectivity index (χ1n) is 7.98. The highest BCUT2D eigenvalue weighted by Gasteiger charge is 2.28. The van der Waals surface area contributed by atoms with Crippen molar-refractivity contribution in [2.75, 3.05) is 0 Å². The van der Waals surface area contributed by atoms with E-state index in [2.05, 4.69) is 26.0 Å². The molecule has 6 heteroatoms. The van der Waals surface area contributed by atoms with Crippen LogP contribution in [-0.2, 0) is 0 Å². The van der Waals surface area contributed by atoms with Gasteiger partial charge in [0, 0.05) is 30.1 Å².